The first-order valence-corrected chi connectivity index (χ1v) is 6.88. The van der Waals surface area contributed by atoms with Crippen LogP contribution in [-0.2, 0) is 6.42 Å². The Labute approximate surface area is 127 Å². The second kappa shape index (κ2) is 6.87. The Bertz CT molecular complexity index is 634. The highest BCUT2D eigenvalue weighted by Gasteiger charge is 2.20. The lowest BCUT2D eigenvalue weighted by Gasteiger charge is -2.20. The second-order valence-electron chi connectivity index (χ2n) is 4.64. The van der Waals surface area contributed by atoms with Crippen molar-refractivity contribution in [2.75, 3.05) is 14.2 Å². The van der Waals surface area contributed by atoms with E-state index in [4.69, 9.17) is 16.3 Å². The number of nitrogens with one attached hydrogen (secondary N) is 1. The van der Waals surface area contributed by atoms with Gasteiger partial charge >= 0.3 is 0 Å². The van der Waals surface area contributed by atoms with Gasteiger partial charge in [-0.25, -0.2) is 8.78 Å². The van der Waals surface area contributed by atoms with E-state index in [0.29, 0.717) is 21.9 Å². The molecule has 0 radical (unpaired) electrons. The monoisotopic (exact) mass is 311 g/mol. The molecule has 2 aromatic carbocycles. The summed E-state index contributed by atoms with van der Waals surface area (Å²) in [6, 6.07) is 8.69. The van der Waals surface area contributed by atoms with Gasteiger partial charge in [0.2, 0.25) is 0 Å². The Morgan fingerprint density at radius 2 is 1.95 bits per heavy atom. The fourth-order valence-electron chi connectivity index (χ4n) is 2.29. The van der Waals surface area contributed by atoms with Crippen LogP contribution < -0.4 is 10.1 Å². The van der Waals surface area contributed by atoms with Crippen LogP contribution in [0.2, 0.25) is 5.02 Å². The highest BCUT2D eigenvalue weighted by molar-refractivity contribution is 6.30. The third-order valence-corrected chi connectivity index (χ3v) is 3.60. The predicted molar refractivity (Wildman–Crippen MR) is 79.9 cm³/mol. The van der Waals surface area contributed by atoms with Gasteiger partial charge in [0, 0.05) is 16.6 Å². The van der Waals surface area contributed by atoms with Gasteiger partial charge in [-0.1, -0.05) is 23.7 Å². The van der Waals surface area contributed by atoms with E-state index < -0.39 is 11.9 Å². The molecule has 0 aliphatic heterocycles. The van der Waals surface area contributed by atoms with Crippen LogP contribution in [-0.4, -0.2) is 14.2 Å². The maximum Gasteiger partial charge on any atom is 0.131 e. The number of likely N-dealkylation sites (N-methyl/N-ethyl adjacent to an activating group) is 1. The van der Waals surface area contributed by atoms with Gasteiger partial charge < -0.3 is 10.1 Å². The molecular weight excluding hydrogens is 296 g/mol. The molecule has 0 aliphatic rings. The van der Waals surface area contributed by atoms with Gasteiger partial charge in [0.05, 0.1) is 7.11 Å². The summed E-state index contributed by atoms with van der Waals surface area (Å²) < 4.78 is 33.2. The summed E-state index contributed by atoms with van der Waals surface area (Å²) in [6.45, 7) is 0. The van der Waals surface area contributed by atoms with Crippen molar-refractivity contribution in [2.24, 2.45) is 0 Å². The quantitative estimate of drug-likeness (QED) is 0.896. The molecule has 112 valence electrons. The molecular formula is C16H16ClF2NO. The molecule has 0 saturated carbocycles. The summed E-state index contributed by atoms with van der Waals surface area (Å²) in [7, 11) is 3.18. The van der Waals surface area contributed by atoms with Gasteiger partial charge in [-0.05, 0) is 43.3 Å². The predicted octanol–water partition coefficient (Wildman–Crippen LogP) is 4.13. The lowest BCUT2D eigenvalue weighted by atomic mass is 9.97. The highest BCUT2D eigenvalue weighted by Crippen LogP contribution is 2.30. The Balaban J connectivity index is 2.36. The molecule has 0 spiro atoms. The molecule has 5 heteroatoms. The molecule has 0 saturated heterocycles. The van der Waals surface area contributed by atoms with Crippen LogP contribution in [0.25, 0.3) is 0 Å². The molecule has 21 heavy (non-hydrogen) atoms. The maximum absolute atomic E-state index is 14.1. The van der Waals surface area contributed by atoms with E-state index in [1.165, 1.54) is 19.2 Å². The maximum atomic E-state index is 14.1. The zero-order valence-electron chi connectivity index (χ0n) is 11.8. The first-order valence-electron chi connectivity index (χ1n) is 6.50. The van der Waals surface area contributed by atoms with E-state index in [9.17, 15) is 8.78 Å². The van der Waals surface area contributed by atoms with Crippen molar-refractivity contribution in [3.05, 3.63) is 64.2 Å². The van der Waals surface area contributed by atoms with Crippen LogP contribution in [0.4, 0.5) is 8.78 Å². The average molecular weight is 312 g/mol. The molecule has 0 fully saturated rings. The Morgan fingerprint density at radius 3 is 2.57 bits per heavy atom. The standard InChI is InChI=1S/C16H16ClF2NO/c1-20-14(8-10-6-7-11(17)9-13(10)19)16-12(18)4-3-5-15(16)21-2/h3-7,9,14,20H,8H2,1-2H3. The van der Waals surface area contributed by atoms with E-state index in [0.717, 1.165) is 0 Å². The number of rotatable bonds is 5. The minimum absolute atomic E-state index is 0.288. The van der Waals surface area contributed by atoms with Crippen molar-refractivity contribution < 1.29 is 13.5 Å². The molecule has 0 heterocycles. The first kappa shape index (κ1) is 15.7. The third kappa shape index (κ3) is 3.52. The van der Waals surface area contributed by atoms with Gasteiger partial charge in [-0.15, -0.1) is 0 Å². The minimum atomic E-state index is -0.406. The first-order chi connectivity index (χ1) is 10.1. The number of halogens is 3. The van der Waals surface area contributed by atoms with Gasteiger partial charge in [-0.3, -0.25) is 0 Å². The Hall–Kier alpha value is -1.65. The van der Waals surface area contributed by atoms with Gasteiger partial charge in [0.25, 0.3) is 0 Å². The van der Waals surface area contributed by atoms with Gasteiger partial charge in [0.1, 0.15) is 17.4 Å². The van der Waals surface area contributed by atoms with Crippen LogP contribution in [0.15, 0.2) is 36.4 Å². The van der Waals surface area contributed by atoms with E-state index in [1.807, 2.05) is 0 Å². The zero-order chi connectivity index (χ0) is 15.4. The van der Waals surface area contributed by atoms with E-state index in [2.05, 4.69) is 5.32 Å². The molecule has 1 N–H and O–H groups in total. The summed E-state index contributed by atoms with van der Waals surface area (Å²) >= 11 is 5.74. The van der Waals surface area contributed by atoms with E-state index in [1.54, 1.807) is 31.3 Å². The molecule has 0 aromatic heterocycles. The lowest BCUT2D eigenvalue weighted by molar-refractivity contribution is 0.392. The molecule has 2 nitrogen and oxygen atoms in total. The van der Waals surface area contributed by atoms with Crippen molar-refractivity contribution in [1.29, 1.82) is 0 Å². The molecule has 1 atom stereocenters. The Morgan fingerprint density at radius 1 is 1.19 bits per heavy atom. The van der Waals surface area contributed by atoms with Crippen molar-refractivity contribution in [1.82, 2.24) is 5.32 Å². The topological polar surface area (TPSA) is 21.3 Å². The van der Waals surface area contributed by atoms with Crippen LogP contribution >= 0.6 is 11.6 Å². The van der Waals surface area contributed by atoms with Crippen molar-refractivity contribution in [3.8, 4) is 5.75 Å². The molecule has 0 amide bonds. The van der Waals surface area contributed by atoms with Crippen LogP contribution in [0.5, 0.6) is 5.75 Å². The zero-order valence-corrected chi connectivity index (χ0v) is 12.5. The van der Waals surface area contributed by atoms with Crippen LogP contribution in [0.3, 0.4) is 0 Å². The Kier molecular flexibility index (Phi) is 5.15. The molecule has 2 aromatic rings. The van der Waals surface area contributed by atoms with Gasteiger partial charge in [-0.2, -0.15) is 0 Å². The molecule has 0 bridgehead atoms. The summed E-state index contributed by atoms with van der Waals surface area (Å²) in [4.78, 5) is 0. The van der Waals surface area contributed by atoms with Crippen LogP contribution in [0.1, 0.15) is 17.2 Å². The van der Waals surface area contributed by atoms with Crippen molar-refractivity contribution in [3.63, 3.8) is 0 Å². The second-order valence-corrected chi connectivity index (χ2v) is 5.07. The third-order valence-electron chi connectivity index (χ3n) is 3.37. The number of benzene rings is 2. The summed E-state index contributed by atoms with van der Waals surface area (Å²) in [6.07, 6.45) is 0.288. The number of methoxy groups -OCH3 is 1. The SMILES string of the molecule is CNC(Cc1ccc(Cl)cc1F)c1c(F)cccc1OC. The highest BCUT2D eigenvalue weighted by atomic mass is 35.5. The summed E-state index contributed by atoms with van der Waals surface area (Å²) in [5.74, 6) is -0.357. The normalized spacial score (nSPS) is 12.2. The molecule has 1 unspecified atom stereocenters. The van der Waals surface area contributed by atoms with Crippen molar-refractivity contribution in [2.45, 2.75) is 12.5 Å². The fourth-order valence-corrected chi connectivity index (χ4v) is 2.45. The fraction of sp³-hybridized carbons (Fsp3) is 0.250. The number of ether oxygens (including phenoxy) is 1. The summed E-state index contributed by atoms with van der Waals surface area (Å²) in [5, 5.41) is 3.34. The molecule has 2 rings (SSSR count). The summed E-state index contributed by atoms with van der Waals surface area (Å²) in [5.41, 5.74) is 0.848. The van der Waals surface area contributed by atoms with Crippen molar-refractivity contribution >= 4 is 11.6 Å². The minimum Gasteiger partial charge on any atom is -0.496 e. The van der Waals surface area contributed by atoms with Crippen LogP contribution in [0, 0.1) is 11.6 Å². The smallest absolute Gasteiger partial charge is 0.131 e. The molecule has 0 aliphatic carbocycles. The lowest BCUT2D eigenvalue weighted by Crippen LogP contribution is -2.21. The average Bonchev–Trinajstić information content (AvgIpc) is 2.47. The van der Waals surface area contributed by atoms with E-state index >= 15 is 0 Å². The van der Waals surface area contributed by atoms with Gasteiger partial charge in [0.15, 0.2) is 0 Å². The largest absolute Gasteiger partial charge is 0.496 e. The van der Waals surface area contributed by atoms with E-state index in [-0.39, 0.29) is 12.2 Å². The number of hydrogen-bond acceptors (Lipinski definition) is 2. The number of hydrogen-bond donors (Lipinski definition) is 1.